The number of fused-ring (bicyclic) bond motifs is 2. The normalized spacial score (nSPS) is 15.6. The van der Waals surface area contributed by atoms with E-state index in [0.29, 0.717) is 0 Å². The number of nitrogen functional groups attached to an aromatic ring is 1. The standard InChI is InChI=1S/C14H17N3/c1-9-10-5-7-16-8-6-12(10)17-13-4-2-3-11(15)14(9)13/h2-4,16H,5-8,15H2,1H3. The maximum absolute atomic E-state index is 6.07. The average molecular weight is 227 g/mol. The third-order valence-electron chi connectivity index (χ3n) is 3.60. The van der Waals surface area contributed by atoms with Gasteiger partial charge in [0.15, 0.2) is 0 Å². The van der Waals surface area contributed by atoms with E-state index < -0.39 is 0 Å². The number of pyridine rings is 1. The zero-order valence-electron chi connectivity index (χ0n) is 10.1. The first-order valence-electron chi connectivity index (χ1n) is 6.14. The summed E-state index contributed by atoms with van der Waals surface area (Å²) in [6, 6.07) is 5.99. The van der Waals surface area contributed by atoms with E-state index in [1.54, 1.807) is 0 Å². The summed E-state index contributed by atoms with van der Waals surface area (Å²) in [5.74, 6) is 0. The van der Waals surface area contributed by atoms with Crippen molar-refractivity contribution >= 4 is 16.6 Å². The first kappa shape index (κ1) is 10.5. The van der Waals surface area contributed by atoms with Gasteiger partial charge < -0.3 is 11.1 Å². The summed E-state index contributed by atoms with van der Waals surface area (Å²) in [5, 5.41) is 4.55. The third-order valence-corrected chi connectivity index (χ3v) is 3.60. The Morgan fingerprint density at radius 1 is 1.24 bits per heavy atom. The predicted octanol–water partition coefficient (Wildman–Crippen LogP) is 1.81. The molecule has 2 heterocycles. The van der Waals surface area contributed by atoms with Crippen molar-refractivity contribution < 1.29 is 0 Å². The molecule has 3 heteroatoms. The van der Waals surface area contributed by atoms with Gasteiger partial charge in [0.1, 0.15) is 0 Å². The van der Waals surface area contributed by atoms with Crippen molar-refractivity contribution in [3.05, 3.63) is 35.0 Å². The highest BCUT2D eigenvalue weighted by Gasteiger charge is 2.15. The van der Waals surface area contributed by atoms with Gasteiger partial charge in [-0.3, -0.25) is 4.98 Å². The molecule has 0 aliphatic carbocycles. The Balaban J connectivity index is 2.34. The van der Waals surface area contributed by atoms with Crippen LogP contribution < -0.4 is 11.1 Å². The van der Waals surface area contributed by atoms with Crippen molar-refractivity contribution in [2.24, 2.45) is 0 Å². The number of aryl methyl sites for hydroxylation is 1. The van der Waals surface area contributed by atoms with E-state index in [9.17, 15) is 0 Å². The van der Waals surface area contributed by atoms with E-state index in [0.717, 1.165) is 42.5 Å². The molecule has 2 aromatic rings. The number of nitrogens with zero attached hydrogens (tertiary/aromatic N) is 1. The van der Waals surface area contributed by atoms with Gasteiger partial charge >= 0.3 is 0 Å². The molecule has 17 heavy (non-hydrogen) atoms. The quantitative estimate of drug-likeness (QED) is 0.675. The molecule has 1 aromatic heterocycles. The number of anilines is 1. The van der Waals surface area contributed by atoms with Crippen molar-refractivity contribution in [2.45, 2.75) is 19.8 Å². The molecule has 1 aliphatic heterocycles. The second kappa shape index (κ2) is 4.00. The van der Waals surface area contributed by atoms with Crippen LogP contribution in [0, 0.1) is 6.92 Å². The molecular formula is C14H17N3. The molecule has 0 radical (unpaired) electrons. The maximum Gasteiger partial charge on any atom is 0.0728 e. The highest BCUT2D eigenvalue weighted by atomic mass is 14.9. The van der Waals surface area contributed by atoms with Crippen LogP contribution in [0.4, 0.5) is 5.69 Å². The van der Waals surface area contributed by atoms with Crippen molar-refractivity contribution in [2.75, 3.05) is 18.8 Å². The van der Waals surface area contributed by atoms with Crippen LogP contribution in [0.5, 0.6) is 0 Å². The summed E-state index contributed by atoms with van der Waals surface area (Å²) in [6.45, 7) is 4.23. The molecule has 0 fully saturated rings. The Morgan fingerprint density at radius 2 is 2.06 bits per heavy atom. The molecule has 88 valence electrons. The van der Waals surface area contributed by atoms with E-state index >= 15 is 0 Å². The van der Waals surface area contributed by atoms with Gasteiger partial charge in [0.05, 0.1) is 5.52 Å². The van der Waals surface area contributed by atoms with Gasteiger partial charge in [0.25, 0.3) is 0 Å². The molecule has 3 rings (SSSR count). The summed E-state index contributed by atoms with van der Waals surface area (Å²) in [4.78, 5) is 4.78. The van der Waals surface area contributed by atoms with Gasteiger partial charge in [0.2, 0.25) is 0 Å². The lowest BCUT2D eigenvalue weighted by molar-refractivity contribution is 0.708. The minimum absolute atomic E-state index is 0.840. The number of rotatable bonds is 0. The highest BCUT2D eigenvalue weighted by Crippen LogP contribution is 2.28. The van der Waals surface area contributed by atoms with Crippen molar-refractivity contribution in [3.63, 3.8) is 0 Å². The molecule has 0 spiro atoms. The Bertz CT molecular complexity index is 575. The molecular weight excluding hydrogens is 210 g/mol. The first-order valence-corrected chi connectivity index (χ1v) is 6.14. The van der Waals surface area contributed by atoms with E-state index in [1.165, 1.54) is 16.8 Å². The molecule has 0 atom stereocenters. The zero-order valence-corrected chi connectivity index (χ0v) is 10.1. The van der Waals surface area contributed by atoms with Crippen molar-refractivity contribution in [1.82, 2.24) is 10.3 Å². The van der Waals surface area contributed by atoms with Gasteiger partial charge in [-0.2, -0.15) is 0 Å². The second-order valence-electron chi connectivity index (χ2n) is 4.65. The summed E-state index contributed by atoms with van der Waals surface area (Å²) in [6.07, 6.45) is 2.07. The van der Waals surface area contributed by atoms with Crippen LogP contribution in [0.15, 0.2) is 18.2 Å². The summed E-state index contributed by atoms with van der Waals surface area (Å²) >= 11 is 0. The number of nitrogens with one attached hydrogen (secondary N) is 1. The monoisotopic (exact) mass is 227 g/mol. The lowest BCUT2D eigenvalue weighted by atomic mass is 9.97. The van der Waals surface area contributed by atoms with Gasteiger partial charge in [-0.05, 0) is 43.1 Å². The number of aromatic nitrogens is 1. The molecule has 3 nitrogen and oxygen atoms in total. The fourth-order valence-corrected chi connectivity index (χ4v) is 2.72. The molecule has 0 unspecified atom stereocenters. The zero-order chi connectivity index (χ0) is 11.8. The van der Waals surface area contributed by atoms with Crippen LogP contribution in [-0.4, -0.2) is 18.1 Å². The minimum atomic E-state index is 0.840. The lowest BCUT2D eigenvalue weighted by Gasteiger charge is -2.13. The number of hydrogen-bond acceptors (Lipinski definition) is 3. The summed E-state index contributed by atoms with van der Waals surface area (Å²) < 4.78 is 0. The average Bonchev–Trinajstić information content (AvgIpc) is 2.54. The van der Waals surface area contributed by atoms with Crippen LogP contribution in [-0.2, 0) is 12.8 Å². The number of hydrogen-bond donors (Lipinski definition) is 2. The van der Waals surface area contributed by atoms with Gasteiger partial charge in [-0.1, -0.05) is 6.07 Å². The fourth-order valence-electron chi connectivity index (χ4n) is 2.72. The van der Waals surface area contributed by atoms with Crippen LogP contribution in [0.25, 0.3) is 10.9 Å². The molecule has 0 saturated heterocycles. The summed E-state index contributed by atoms with van der Waals surface area (Å²) in [5.41, 5.74) is 11.9. The van der Waals surface area contributed by atoms with Crippen molar-refractivity contribution in [3.8, 4) is 0 Å². The Morgan fingerprint density at radius 3 is 2.94 bits per heavy atom. The molecule has 3 N–H and O–H groups in total. The van der Waals surface area contributed by atoms with E-state index in [1.807, 2.05) is 12.1 Å². The van der Waals surface area contributed by atoms with E-state index in [2.05, 4.69) is 18.3 Å². The molecule has 0 amide bonds. The Hall–Kier alpha value is -1.61. The highest BCUT2D eigenvalue weighted by molar-refractivity contribution is 5.93. The Labute approximate surface area is 101 Å². The molecule has 1 aromatic carbocycles. The molecule has 0 saturated carbocycles. The minimum Gasteiger partial charge on any atom is -0.398 e. The van der Waals surface area contributed by atoms with Crippen molar-refractivity contribution in [1.29, 1.82) is 0 Å². The maximum atomic E-state index is 6.07. The van der Waals surface area contributed by atoms with Gasteiger partial charge in [-0.15, -0.1) is 0 Å². The van der Waals surface area contributed by atoms with E-state index in [4.69, 9.17) is 10.7 Å². The van der Waals surface area contributed by atoms with Crippen LogP contribution in [0.1, 0.15) is 16.8 Å². The summed E-state index contributed by atoms with van der Waals surface area (Å²) in [7, 11) is 0. The molecule has 1 aliphatic rings. The largest absolute Gasteiger partial charge is 0.398 e. The number of nitrogens with two attached hydrogens (primary N) is 1. The topological polar surface area (TPSA) is 50.9 Å². The van der Waals surface area contributed by atoms with Crippen LogP contribution in [0.2, 0.25) is 0 Å². The van der Waals surface area contributed by atoms with Crippen LogP contribution in [0.3, 0.4) is 0 Å². The Kier molecular flexibility index (Phi) is 2.48. The lowest BCUT2D eigenvalue weighted by Crippen LogP contribution is -2.16. The van der Waals surface area contributed by atoms with Gasteiger partial charge in [-0.25, -0.2) is 0 Å². The first-order chi connectivity index (χ1) is 8.27. The second-order valence-corrected chi connectivity index (χ2v) is 4.65. The fraction of sp³-hybridized carbons (Fsp3) is 0.357. The predicted molar refractivity (Wildman–Crippen MR) is 71.2 cm³/mol. The van der Waals surface area contributed by atoms with Crippen LogP contribution >= 0.6 is 0 Å². The SMILES string of the molecule is Cc1c2c(nc3cccc(N)c13)CCNCC2. The van der Waals surface area contributed by atoms with Gasteiger partial charge in [0, 0.05) is 29.7 Å². The van der Waals surface area contributed by atoms with E-state index in [-0.39, 0.29) is 0 Å². The molecule has 0 bridgehead atoms. The smallest absolute Gasteiger partial charge is 0.0728 e. The number of benzene rings is 1. The third kappa shape index (κ3) is 1.67.